The van der Waals surface area contributed by atoms with Crippen molar-refractivity contribution in [1.29, 1.82) is 0 Å². The van der Waals surface area contributed by atoms with Crippen molar-refractivity contribution in [3.8, 4) is 5.75 Å². The van der Waals surface area contributed by atoms with Crippen molar-refractivity contribution in [2.45, 2.75) is 51.4 Å². The minimum absolute atomic E-state index is 0. The SMILES string of the molecule is CN=C(NCCc1ccc2c(c1)CCO2)N1CCC2(CCCCC2)C1.I. The number of hydrogen-bond donors (Lipinski definition) is 1. The second kappa shape index (κ2) is 8.81. The maximum atomic E-state index is 5.59. The molecule has 0 radical (unpaired) electrons. The summed E-state index contributed by atoms with van der Waals surface area (Å²) >= 11 is 0. The molecule has 2 fully saturated rings. The average Bonchev–Trinajstić information content (AvgIpc) is 3.26. The first-order valence-electron chi connectivity index (χ1n) is 9.98. The standard InChI is InChI=1S/C21H31N3O.HI/c1-22-20(24-13-11-21(16-24)9-3-2-4-10-21)23-12-7-17-5-6-19-18(15-17)8-14-25-19;/h5-6,15H,2-4,7-14,16H2,1H3,(H,22,23);1H. The molecule has 1 saturated carbocycles. The Morgan fingerprint density at radius 1 is 1.23 bits per heavy atom. The second-order valence-corrected chi connectivity index (χ2v) is 8.00. The van der Waals surface area contributed by atoms with Crippen LogP contribution < -0.4 is 10.1 Å². The molecular weight excluding hydrogens is 437 g/mol. The van der Waals surface area contributed by atoms with Gasteiger partial charge in [0.25, 0.3) is 0 Å². The van der Waals surface area contributed by atoms with Crippen molar-refractivity contribution in [3.05, 3.63) is 29.3 Å². The molecule has 0 bridgehead atoms. The lowest BCUT2D eigenvalue weighted by Gasteiger charge is -2.33. The van der Waals surface area contributed by atoms with E-state index in [9.17, 15) is 0 Å². The highest BCUT2D eigenvalue weighted by Crippen LogP contribution is 2.43. The molecule has 0 unspecified atom stereocenters. The third-order valence-electron chi connectivity index (χ3n) is 6.31. The summed E-state index contributed by atoms with van der Waals surface area (Å²) in [5.74, 6) is 2.16. The Morgan fingerprint density at radius 2 is 2.08 bits per heavy atom. The van der Waals surface area contributed by atoms with E-state index in [0.29, 0.717) is 5.41 Å². The molecule has 0 aromatic heterocycles. The zero-order valence-electron chi connectivity index (χ0n) is 15.9. The molecule has 4 rings (SSSR count). The Morgan fingerprint density at radius 3 is 2.88 bits per heavy atom. The van der Waals surface area contributed by atoms with Gasteiger partial charge in [-0.15, -0.1) is 24.0 Å². The first kappa shape index (κ1) is 19.8. The summed E-state index contributed by atoms with van der Waals surface area (Å²) in [6.45, 7) is 4.13. The largest absolute Gasteiger partial charge is 0.493 e. The average molecular weight is 469 g/mol. The Labute approximate surface area is 174 Å². The van der Waals surface area contributed by atoms with Gasteiger partial charge in [-0.3, -0.25) is 4.99 Å². The quantitative estimate of drug-likeness (QED) is 0.413. The monoisotopic (exact) mass is 469 g/mol. The molecule has 5 heteroatoms. The molecule has 0 atom stereocenters. The van der Waals surface area contributed by atoms with Gasteiger partial charge in [-0.05, 0) is 48.3 Å². The molecule has 2 aliphatic heterocycles. The predicted molar refractivity (Wildman–Crippen MR) is 118 cm³/mol. The molecule has 1 saturated heterocycles. The zero-order valence-corrected chi connectivity index (χ0v) is 18.3. The number of rotatable bonds is 3. The van der Waals surface area contributed by atoms with Crippen LogP contribution in [0.4, 0.5) is 0 Å². The van der Waals surface area contributed by atoms with Crippen LogP contribution in [-0.2, 0) is 12.8 Å². The van der Waals surface area contributed by atoms with Crippen molar-refractivity contribution in [2.24, 2.45) is 10.4 Å². The van der Waals surface area contributed by atoms with E-state index in [1.165, 1.54) is 56.2 Å². The lowest BCUT2D eigenvalue weighted by atomic mass is 9.73. The third kappa shape index (κ3) is 4.29. The number of aliphatic imine (C=N–C) groups is 1. The van der Waals surface area contributed by atoms with Crippen LogP contribution in [0.1, 0.15) is 49.7 Å². The van der Waals surface area contributed by atoms with E-state index in [4.69, 9.17) is 4.74 Å². The van der Waals surface area contributed by atoms with Crippen LogP contribution in [0.15, 0.2) is 23.2 Å². The minimum atomic E-state index is 0. The number of nitrogens with one attached hydrogen (secondary N) is 1. The summed E-state index contributed by atoms with van der Waals surface area (Å²) in [7, 11) is 1.92. The Balaban J connectivity index is 0.00000196. The number of guanidine groups is 1. The van der Waals surface area contributed by atoms with Crippen molar-refractivity contribution >= 4 is 29.9 Å². The van der Waals surface area contributed by atoms with Gasteiger partial charge in [-0.2, -0.15) is 0 Å². The summed E-state index contributed by atoms with van der Waals surface area (Å²) in [6, 6.07) is 6.63. The lowest BCUT2D eigenvalue weighted by Crippen LogP contribution is -2.42. The van der Waals surface area contributed by atoms with Gasteiger partial charge in [0.2, 0.25) is 0 Å². The molecular formula is C21H32IN3O. The van der Waals surface area contributed by atoms with E-state index in [2.05, 4.69) is 33.4 Å². The highest BCUT2D eigenvalue weighted by Gasteiger charge is 2.39. The molecule has 1 spiro atoms. The van der Waals surface area contributed by atoms with Crippen LogP contribution >= 0.6 is 24.0 Å². The summed E-state index contributed by atoms with van der Waals surface area (Å²) in [6.07, 6.45) is 10.5. The van der Waals surface area contributed by atoms with Gasteiger partial charge in [-0.1, -0.05) is 31.4 Å². The summed E-state index contributed by atoms with van der Waals surface area (Å²) < 4.78 is 5.59. The molecule has 4 nitrogen and oxygen atoms in total. The third-order valence-corrected chi connectivity index (χ3v) is 6.31. The first-order valence-corrected chi connectivity index (χ1v) is 9.98. The molecule has 2 heterocycles. The van der Waals surface area contributed by atoms with Gasteiger partial charge in [-0.25, -0.2) is 0 Å². The zero-order chi connectivity index (χ0) is 17.1. The number of benzene rings is 1. The number of likely N-dealkylation sites (tertiary alicyclic amines) is 1. The molecule has 1 N–H and O–H groups in total. The van der Waals surface area contributed by atoms with Crippen LogP contribution in [0.2, 0.25) is 0 Å². The van der Waals surface area contributed by atoms with E-state index < -0.39 is 0 Å². The molecule has 26 heavy (non-hydrogen) atoms. The first-order chi connectivity index (χ1) is 12.3. The number of fused-ring (bicyclic) bond motifs is 1. The fourth-order valence-electron chi connectivity index (χ4n) is 4.87. The normalized spacial score (nSPS) is 21.3. The Kier molecular flexibility index (Phi) is 6.70. The summed E-state index contributed by atoms with van der Waals surface area (Å²) in [4.78, 5) is 7.04. The van der Waals surface area contributed by atoms with Crippen LogP contribution in [0, 0.1) is 5.41 Å². The van der Waals surface area contributed by atoms with Crippen LogP contribution in [0.3, 0.4) is 0 Å². The summed E-state index contributed by atoms with van der Waals surface area (Å²) in [5.41, 5.74) is 3.33. The number of ether oxygens (including phenoxy) is 1. The summed E-state index contributed by atoms with van der Waals surface area (Å²) in [5, 5.41) is 3.59. The predicted octanol–water partition coefficient (Wildman–Crippen LogP) is 4.01. The van der Waals surface area contributed by atoms with Gasteiger partial charge in [0.15, 0.2) is 5.96 Å². The number of hydrogen-bond acceptors (Lipinski definition) is 2. The maximum absolute atomic E-state index is 5.59. The highest BCUT2D eigenvalue weighted by molar-refractivity contribution is 14.0. The van der Waals surface area contributed by atoms with Crippen molar-refractivity contribution < 1.29 is 4.74 Å². The van der Waals surface area contributed by atoms with E-state index in [0.717, 1.165) is 44.2 Å². The van der Waals surface area contributed by atoms with Crippen LogP contribution in [0.25, 0.3) is 0 Å². The van der Waals surface area contributed by atoms with E-state index in [-0.39, 0.29) is 24.0 Å². The molecule has 0 amide bonds. The fraction of sp³-hybridized carbons (Fsp3) is 0.667. The van der Waals surface area contributed by atoms with Crippen LogP contribution in [-0.4, -0.2) is 44.1 Å². The van der Waals surface area contributed by atoms with Gasteiger partial charge >= 0.3 is 0 Å². The maximum Gasteiger partial charge on any atom is 0.193 e. The van der Waals surface area contributed by atoms with Crippen molar-refractivity contribution in [3.63, 3.8) is 0 Å². The fourth-order valence-corrected chi connectivity index (χ4v) is 4.87. The van der Waals surface area contributed by atoms with E-state index in [1.54, 1.807) is 0 Å². The Hall–Kier alpha value is -0.980. The number of halogens is 1. The van der Waals surface area contributed by atoms with Gasteiger partial charge in [0.1, 0.15) is 5.75 Å². The molecule has 1 aromatic carbocycles. The van der Waals surface area contributed by atoms with Gasteiger partial charge in [0, 0.05) is 33.1 Å². The van der Waals surface area contributed by atoms with E-state index in [1.807, 2.05) is 7.05 Å². The lowest BCUT2D eigenvalue weighted by molar-refractivity contribution is 0.203. The topological polar surface area (TPSA) is 36.9 Å². The van der Waals surface area contributed by atoms with Gasteiger partial charge < -0.3 is 15.0 Å². The second-order valence-electron chi connectivity index (χ2n) is 8.00. The smallest absolute Gasteiger partial charge is 0.193 e. The van der Waals surface area contributed by atoms with Crippen molar-refractivity contribution in [1.82, 2.24) is 10.2 Å². The molecule has 1 aliphatic carbocycles. The number of nitrogens with zero attached hydrogens (tertiary/aromatic N) is 2. The highest BCUT2D eigenvalue weighted by atomic mass is 127. The van der Waals surface area contributed by atoms with E-state index >= 15 is 0 Å². The molecule has 144 valence electrons. The molecule has 3 aliphatic rings. The molecule has 1 aromatic rings. The minimum Gasteiger partial charge on any atom is -0.493 e. The Bertz CT molecular complexity index is 640. The van der Waals surface area contributed by atoms with Crippen molar-refractivity contribution in [2.75, 3.05) is 33.3 Å². The van der Waals surface area contributed by atoms with Gasteiger partial charge in [0.05, 0.1) is 6.61 Å². The van der Waals surface area contributed by atoms with Crippen LogP contribution in [0.5, 0.6) is 5.75 Å².